The van der Waals surface area contributed by atoms with Crippen molar-refractivity contribution in [3.05, 3.63) is 29.6 Å². The highest BCUT2D eigenvalue weighted by atomic mass is 32.2. The second-order valence-corrected chi connectivity index (χ2v) is 6.52. The summed E-state index contributed by atoms with van der Waals surface area (Å²) < 4.78 is 22.2. The topological polar surface area (TPSA) is 93.4 Å². The van der Waals surface area contributed by atoms with Crippen molar-refractivity contribution in [3.8, 4) is 11.8 Å². The number of nitrogens with two attached hydrogens (primary N) is 1. The summed E-state index contributed by atoms with van der Waals surface area (Å²) in [6.07, 6.45) is 2.62. The maximum atomic E-state index is 12.2. The van der Waals surface area contributed by atoms with Crippen LogP contribution < -0.4 is 5.73 Å². The first-order chi connectivity index (χ1) is 9.35. The zero-order chi connectivity index (χ0) is 15.2. The second kappa shape index (κ2) is 7.03. The molecule has 0 atom stereocenters. The van der Waals surface area contributed by atoms with Gasteiger partial charge < -0.3 is 10.6 Å². The summed E-state index contributed by atoms with van der Waals surface area (Å²) in [6, 6.07) is 3.35. The van der Waals surface area contributed by atoms with Gasteiger partial charge in [-0.05, 0) is 12.1 Å². The van der Waals surface area contributed by atoms with Crippen LogP contribution in [0.2, 0.25) is 0 Å². The maximum Gasteiger partial charge on any atom is 0.273 e. The Morgan fingerprint density at radius 1 is 1.50 bits per heavy atom. The van der Waals surface area contributed by atoms with Crippen LogP contribution in [0.15, 0.2) is 18.3 Å². The minimum Gasteiger partial charge on any atom is -0.339 e. The fourth-order valence-electron chi connectivity index (χ4n) is 1.41. The van der Waals surface area contributed by atoms with Gasteiger partial charge in [-0.2, -0.15) is 0 Å². The van der Waals surface area contributed by atoms with Gasteiger partial charge in [0.15, 0.2) is 0 Å². The Balaban J connectivity index is 2.92. The fourth-order valence-corrected chi connectivity index (χ4v) is 2.01. The molecule has 0 bridgehead atoms. The normalized spacial score (nSPS) is 10.6. The Labute approximate surface area is 118 Å². The summed E-state index contributed by atoms with van der Waals surface area (Å²) in [4.78, 5) is 17.5. The largest absolute Gasteiger partial charge is 0.339 e. The summed E-state index contributed by atoms with van der Waals surface area (Å²) in [5.74, 6) is 4.99. The molecule has 1 heterocycles. The Bertz CT molecular complexity index is 644. The minimum absolute atomic E-state index is 0.0914. The van der Waals surface area contributed by atoms with Gasteiger partial charge in [0.2, 0.25) is 0 Å². The molecule has 0 aromatic carbocycles. The smallest absolute Gasteiger partial charge is 0.273 e. The predicted octanol–water partition coefficient (Wildman–Crippen LogP) is -0.492. The summed E-state index contributed by atoms with van der Waals surface area (Å²) in [6.45, 7) is 0.296. The molecule has 0 spiro atoms. The Kier molecular flexibility index (Phi) is 5.67. The second-order valence-electron chi connectivity index (χ2n) is 4.26. The van der Waals surface area contributed by atoms with E-state index in [-0.39, 0.29) is 30.4 Å². The van der Waals surface area contributed by atoms with E-state index in [4.69, 9.17) is 5.73 Å². The van der Waals surface area contributed by atoms with Crippen molar-refractivity contribution in [2.75, 3.05) is 32.1 Å². The number of carbonyl (C=O) groups is 1. The first kappa shape index (κ1) is 16.1. The highest BCUT2D eigenvalue weighted by Crippen LogP contribution is 2.07. The van der Waals surface area contributed by atoms with Gasteiger partial charge in [-0.25, -0.2) is 13.4 Å². The van der Waals surface area contributed by atoms with Crippen LogP contribution in [0.1, 0.15) is 16.1 Å². The van der Waals surface area contributed by atoms with Crippen LogP contribution in [-0.2, 0) is 9.84 Å². The molecule has 1 amide bonds. The molecular weight excluding hydrogens is 278 g/mol. The van der Waals surface area contributed by atoms with Gasteiger partial charge in [-0.1, -0.05) is 11.8 Å². The molecule has 1 aromatic heterocycles. The molecular formula is C13H17N3O3S. The molecule has 0 radical (unpaired) electrons. The Morgan fingerprint density at radius 3 is 2.80 bits per heavy atom. The summed E-state index contributed by atoms with van der Waals surface area (Å²) in [5, 5.41) is 0. The average molecular weight is 295 g/mol. The van der Waals surface area contributed by atoms with E-state index < -0.39 is 9.84 Å². The Morgan fingerprint density at radius 2 is 2.20 bits per heavy atom. The molecule has 20 heavy (non-hydrogen) atoms. The van der Waals surface area contributed by atoms with Gasteiger partial charge in [0.25, 0.3) is 5.91 Å². The lowest BCUT2D eigenvalue weighted by atomic mass is 10.2. The lowest BCUT2D eigenvalue weighted by molar-refractivity contribution is 0.0797. The number of hydrogen-bond acceptors (Lipinski definition) is 5. The van der Waals surface area contributed by atoms with E-state index in [1.807, 2.05) is 0 Å². The molecule has 1 aromatic rings. The minimum atomic E-state index is -3.12. The molecule has 108 valence electrons. The third-order valence-electron chi connectivity index (χ3n) is 2.48. The van der Waals surface area contributed by atoms with E-state index in [1.165, 1.54) is 18.1 Å². The molecule has 1 rings (SSSR count). The molecule has 0 saturated heterocycles. The molecule has 0 aliphatic heterocycles. The van der Waals surface area contributed by atoms with Gasteiger partial charge in [0, 0.05) is 26.0 Å². The third kappa shape index (κ3) is 4.99. The number of aromatic nitrogens is 1. The first-order valence-electron chi connectivity index (χ1n) is 5.92. The van der Waals surface area contributed by atoms with Crippen LogP contribution in [0.3, 0.4) is 0 Å². The molecule has 0 unspecified atom stereocenters. The molecule has 2 N–H and O–H groups in total. The highest BCUT2D eigenvalue weighted by Gasteiger charge is 2.17. The van der Waals surface area contributed by atoms with Gasteiger partial charge >= 0.3 is 0 Å². The van der Waals surface area contributed by atoms with Crippen LogP contribution in [0, 0.1) is 11.8 Å². The number of hydrogen-bond donors (Lipinski definition) is 1. The lowest BCUT2D eigenvalue weighted by Gasteiger charge is -2.16. The first-order valence-corrected chi connectivity index (χ1v) is 7.98. The molecule has 7 heteroatoms. The van der Waals surface area contributed by atoms with Crippen molar-refractivity contribution in [3.63, 3.8) is 0 Å². The van der Waals surface area contributed by atoms with E-state index >= 15 is 0 Å². The van der Waals surface area contributed by atoms with Gasteiger partial charge in [0.1, 0.15) is 15.5 Å². The Hall–Kier alpha value is -1.91. The fraction of sp³-hybridized carbons (Fsp3) is 0.385. The molecule has 0 saturated carbocycles. The number of amides is 1. The van der Waals surface area contributed by atoms with E-state index in [1.54, 1.807) is 12.1 Å². The number of rotatable bonds is 4. The van der Waals surface area contributed by atoms with Crippen molar-refractivity contribution < 1.29 is 13.2 Å². The van der Waals surface area contributed by atoms with Gasteiger partial charge in [0.05, 0.1) is 17.9 Å². The van der Waals surface area contributed by atoms with Crippen LogP contribution >= 0.6 is 0 Å². The quantitative estimate of drug-likeness (QED) is 0.756. The van der Waals surface area contributed by atoms with E-state index in [9.17, 15) is 13.2 Å². The standard InChI is InChI=1S/C13H17N3O3S/c1-16(9-10-20(2,18)19)13(17)12-11(5-3-7-14)6-4-8-15-12/h4,6,8H,7,9-10,14H2,1-2H3. The lowest BCUT2D eigenvalue weighted by Crippen LogP contribution is -2.32. The van der Waals surface area contributed by atoms with Crippen molar-refractivity contribution in [1.82, 2.24) is 9.88 Å². The SMILES string of the molecule is CN(CCS(C)(=O)=O)C(=O)c1ncccc1C#CCN. The third-order valence-corrected chi connectivity index (χ3v) is 3.40. The van der Waals surface area contributed by atoms with E-state index in [0.717, 1.165) is 6.26 Å². The van der Waals surface area contributed by atoms with Crippen LogP contribution in [0.5, 0.6) is 0 Å². The zero-order valence-electron chi connectivity index (χ0n) is 11.5. The predicted molar refractivity (Wildman–Crippen MR) is 76.8 cm³/mol. The van der Waals surface area contributed by atoms with Crippen LogP contribution in [-0.4, -0.2) is 56.4 Å². The summed E-state index contributed by atoms with van der Waals surface area (Å²) >= 11 is 0. The summed E-state index contributed by atoms with van der Waals surface area (Å²) in [5.41, 5.74) is 5.98. The van der Waals surface area contributed by atoms with Crippen LogP contribution in [0.25, 0.3) is 0 Å². The van der Waals surface area contributed by atoms with E-state index in [2.05, 4.69) is 16.8 Å². The van der Waals surface area contributed by atoms with Gasteiger partial charge in [-0.3, -0.25) is 4.79 Å². The van der Waals surface area contributed by atoms with Crippen molar-refractivity contribution in [2.24, 2.45) is 5.73 Å². The molecule has 0 fully saturated rings. The summed E-state index contributed by atoms with van der Waals surface area (Å²) in [7, 11) is -1.59. The molecule has 0 aliphatic rings. The van der Waals surface area contributed by atoms with Crippen molar-refractivity contribution >= 4 is 15.7 Å². The van der Waals surface area contributed by atoms with Crippen molar-refractivity contribution in [1.29, 1.82) is 0 Å². The van der Waals surface area contributed by atoms with Gasteiger partial charge in [-0.15, -0.1) is 0 Å². The number of nitrogens with zero attached hydrogens (tertiary/aromatic N) is 2. The number of pyridine rings is 1. The van der Waals surface area contributed by atoms with E-state index in [0.29, 0.717) is 5.56 Å². The molecule has 6 nitrogen and oxygen atoms in total. The van der Waals surface area contributed by atoms with Crippen molar-refractivity contribution in [2.45, 2.75) is 0 Å². The average Bonchev–Trinajstić information content (AvgIpc) is 2.41. The molecule has 0 aliphatic carbocycles. The zero-order valence-corrected chi connectivity index (χ0v) is 12.3. The monoisotopic (exact) mass is 295 g/mol. The number of sulfone groups is 1. The maximum absolute atomic E-state index is 12.2. The highest BCUT2D eigenvalue weighted by molar-refractivity contribution is 7.90. The number of carbonyl (C=O) groups excluding carboxylic acids is 1. The van der Waals surface area contributed by atoms with Crippen LogP contribution in [0.4, 0.5) is 0 Å².